The summed E-state index contributed by atoms with van der Waals surface area (Å²) in [4.78, 5) is 38.0. The van der Waals surface area contributed by atoms with Crippen LogP contribution in [0.15, 0.2) is 23.3 Å². The van der Waals surface area contributed by atoms with Crippen LogP contribution in [0.3, 0.4) is 0 Å². The summed E-state index contributed by atoms with van der Waals surface area (Å²) in [6.07, 6.45) is 2.19. The Morgan fingerprint density at radius 3 is 2.08 bits per heavy atom. The van der Waals surface area contributed by atoms with E-state index in [2.05, 4.69) is 0 Å². The lowest BCUT2D eigenvalue weighted by atomic mass is 9.80. The number of aliphatic hydroxyl groups excluding tert-OH is 1. The molecule has 0 bridgehead atoms. The number of rotatable bonds is 7. The molecule has 1 rings (SSSR count). The van der Waals surface area contributed by atoms with Crippen molar-refractivity contribution in [2.24, 2.45) is 17.8 Å². The molecule has 1 unspecified atom stereocenters. The first-order chi connectivity index (χ1) is 11.4. The number of allylic oxidation sites excluding steroid dienone is 3. The van der Waals surface area contributed by atoms with Crippen molar-refractivity contribution in [2.75, 3.05) is 0 Å². The minimum atomic E-state index is -2.23. The van der Waals surface area contributed by atoms with Crippen LogP contribution in [0.25, 0.3) is 0 Å². The lowest BCUT2D eigenvalue weighted by Gasteiger charge is -2.31. The maximum absolute atomic E-state index is 12.8. The van der Waals surface area contributed by atoms with Gasteiger partial charge in [-0.15, -0.1) is 0 Å². The van der Waals surface area contributed by atoms with Crippen molar-refractivity contribution in [1.82, 2.24) is 0 Å². The van der Waals surface area contributed by atoms with Crippen molar-refractivity contribution < 1.29 is 24.6 Å². The molecule has 0 aromatic heterocycles. The Kier molecular flexibility index (Phi) is 7.03. The predicted molar refractivity (Wildman–Crippen MR) is 95.9 cm³/mol. The summed E-state index contributed by atoms with van der Waals surface area (Å²) in [6.45, 7) is 10.6. The third kappa shape index (κ3) is 4.33. The van der Waals surface area contributed by atoms with Gasteiger partial charge < -0.3 is 10.2 Å². The van der Waals surface area contributed by atoms with Gasteiger partial charge >= 0.3 is 0 Å². The summed E-state index contributed by atoms with van der Waals surface area (Å²) in [5.74, 6) is -5.04. The molecule has 0 radical (unpaired) electrons. The third-order valence-electron chi connectivity index (χ3n) is 4.69. The summed E-state index contributed by atoms with van der Waals surface area (Å²) in [5, 5.41) is 21.6. The number of hydrogen-bond acceptors (Lipinski definition) is 5. The predicted octanol–water partition coefficient (Wildman–Crippen LogP) is 2.40. The van der Waals surface area contributed by atoms with Crippen LogP contribution in [0.2, 0.25) is 0 Å². The van der Waals surface area contributed by atoms with Crippen LogP contribution in [0.1, 0.15) is 54.4 Å². The lowest BCUT2D eigenvalue weighted by Crippen LogP contribution is -2.52. The molecule has 140 valence electrons. The number of aliphatic hydroxyl groups is 2. The highest BCUT2D eigenvalue weighted by Gasteiger charge is 2.63. The largest absolute Gasteiger partial charge is 0.389 e. The summed E-state index contributed by atoms with van der Waals surface area (Å²) in [6, 6.07) is 0. The van der Waals surface area contributed by atoms with E-state index < -0.39 is 46.8 Å². The number of ketones is 3. The van der Waals surface area contributed by atoms with Crippen LogP contribution in [-0.4, -0.2) is 39.3 Å². The molecule has 0 aromatic carbocycles. The Hall–Kier alpha value is -1.59. The van der Waals surface area contributed by atoms with E-state index in [1.807, 2.05) is 27.7 Å². The lowest BCUT2D eigenvalue weighted by molar-refractivity contribution is -0.155. The third-order valence-corrected chi connectivity index (χ3v) is 4.69. The van der Waals surface area contributed by atoms with Gasteiger partial charge in [-0.2, -0.15) is 0 Å². The van der Waals surface area contributed by atoms with E-state index in [0.717, 1.165) is 11.1 Å². The molecule has 0 amide bonds. The molecule has 1 fully saturated rings. The summed E-state index contributed by atoms with van der Waals surface area (Å²) in [5.41, 5.74) is -0.375. The van der Waals surface area contributed by atoms with Gasteiger partial charge in [-0.3, -0.25) is 14.4 Å². The molecule has 0 spiro atoms. The zero-order chi connectivity index (χ0) is 19.5. The van der Waals surface area contributed by atoms with Crippen molar-refractivity contribution in [3.05, 3.63) is 23.3 Å². The van der Waals surface area contributed by atoms with E-state index in [4.69, 9.17) is 0 Å². The number of Topliss-reactive ketones (excluding diaryl/α,β-unsaturated/α-hetero) is 3. The van der Waals surface area contributed by atoms with Gasteiger partial charge in [0.15, 0.2) is 23.0 Å². The molecule has 0 heterocycles. The zero-order valence-electron chi connectivity index (χ0n) is 16.0. The zero-order valence-corrected chi connectivity index (χ0v) is 16.0. The maximum atomic E-state index is 12.8. The van der Waals surface area contributed by atoms with Gasteiger partial charge in [0.2, 0.25) is 0 Å². The number of carbonyl (C=O) groups excluding carboxylic acids is 3. The van der Waals surface area contributed by atoms with E-state index in [-0.39, 0.29) is 12.8 Å². The molecule has 2 N–H and O–H groups in total. The minimum Gasteiger partial charge on any atom is -0.389 e. The van der Waals surface area contributed by atoms with E-state index >= 15 is 0 Å². The fourth-order valence-electron chi connectivity index (χ4n) is 3.13. The van der Waals surface area contributed by atoms with Gasteiger partial charge in [-0.25, -0.2) is 0 Å². The van der Waals surface area contributed by atoms with Crippen LogP contribution in [-0.2, 0) is 14.4 Å². The highest BCUT2D eigenvalue weighted by molar-refractivity contribution is 6.27. The van der Waals surface area contributed by atoms with Gasteiger partial charge in [0.25, 0.3) is 0 Å². The summed E-state index contributed by atoms with van der Waals surface area (Å²) < 4.78 is 0. The van der Waals surface area contributed by atoms with Crippen molar-refractivity contribution in [3.63, 3.8) is 0 Å². The molecule has 5 heteroatoms. The van der Waals surface area contributed by atoms with E-state index in [1.54, 1.807) is 26.0 Å². The van der Waals surface area contributed by atoms with Crippen molar-refractivity contribution in [3.8, 4) is 0 Å². The van der Waals surface area contributed by atoms with Gasteiger partial charge in [-0.05, 0) is 40.5 Å². The fourth-order valence-corrected chi connectivity index (χ4v) is 3.13. The van der Waals surface area contributed by atoms with E-state index in [1.165, 1.54) is 0 Å². The molecule has 1 aliphatic rings. The van der Waals surface area contributed by atoms with Crippen LogP contribution in [0.5, 0.6) is 0 Å². The van der Waals surface area contributed by atoms with Crippen LogP contribution < -0.4 is 0 Å². The monoisotopic (exact) mass is 350 g/mol. The number of hydrogen-bond donors (Lipinski definition) is 2. The Labute approximate surface area is 149 Å². The average Bonchev–Trinajstić information content (AvgIpc) is 2.69. The first-order valence-electron chi connectivity index (χ1n) is 8.73. The van der Waals surface area contributed by atoms with Crippen LogP contribution in [0, 0.1) is 17.8 Å². The summed E-state index contributed by atoms with van der Waals surface area (Å²) in [7, 11) is 0. The Morgan fingerprint density at radius 2 is 1.64 bits per heavy atom. The van der Waals surface area contributed by atoms with Crippen LogP contribution >= 0.6 is 0 Å². The quantitative estimate of drug-likeness (QED) is 0.543. The van der Waals surface area contributed by atoms with Crippen molar-refractivity contribution in [1.29, 1.82) is 0 Å². The molecule has 5 nitrogen and oxygen atoms in total. The molecule has 0 aromatic rings. The van der Waals surface area contributed by atoms with Crippen molar-refractivity contribution >= 4 is 17.3 Å². The molecule has 1 aliphatic carbocycles. The smallest absolute Gasteiger partial charge is 0.185 e. The standard InChI is InChI=1S/C20H30O5/c1-11(2)7-9-14-18(23)16(17(22)13(5)6)19(24)20(14,25)15(21)10-8-12(3)4/h7-8,13-16,21,25H,9-10H2,1-6H3/t14-,15-,16?,20-/m0/s1. The molecular weight excluding hydrogens is 320 g/mol. The highest BCUT2D eigenvalue weighted by atomic mass is 16.4. The highest BCUT2D eigenvalue weighted by Crippen LogP contribution is 2.41. The van der Waals surface area contributed by atoms with Crippen LogP contribution in [0.4, 0.5) is 0 Å². The SMILES string of the molecule is CC(C)=CC[C@H](O)[C@]1(O)C(=O)C(C(=O)C(C)C)C(=O)[C@@H]1CC=C(C)C. The average molecular weight is 350 g/mol. The molecule has 0 saturated heterocycles. The second kappa shape index (κ2) is 8.19. The molecule has 25 heavy (non-hydrogen) atoms. The first-order valence-corrected chi connectivity index (χ1v) is 8.73. The second-order valence-electron chi connectivity index (χ2n) is 7.68. The topological polar surface area (TPSA) is 91.7 Å². The van der Waals surface area contributed by atoms with Gasteiger partial charge in [-0.1, -0.05) is 37.1 Å². The van der Waals surface area contributed by atoms with Gasteiger partial charge in [0.1, 0.15) is 5.92 Å². The molecule has 0 aliphatic heterocycles. The Bertz CT molecular complexity index is 606. The van der Waals surface area contributed by atoms with Crippen molar-refractivity contribution in [2.45, 2.75) is 66.1 Å². The van der Waals surface area contributed by atoms with Gasteiger partial charge in [0, 0.05) is 5.92 Å². The molecule has 4 atom stereocenters. The second-order valence-corrected chi connectivity index (χ2v) is 7.68. The first kappa shape index (κ1) is 21.5. The fraction of sp³-hybridized carbons (Fsp3) is 0.650. The van der Waals surface area contributed by atoms with Gasteiger partial charge in [0.05, 0.1) is 12.0 Å². The maximum Gasteiger partial charge on any atom is 0.185 e. The normalized spacial score (nSPS) is 27.4. The summed E-state index contributed by atoms with van der Waals surface area (Å²) >= 11 is 0. The Balaban J connectivity index is 3.34. The number of carbonyl (C=O) groups is 3. The molecular formula is C20H30O5. The molecule has 1 saturated carbocycles. The van der Waals surface area contributed by atoms with E-state index in [0.29, 0.717) is 0 Å². The minimum absolute atomic E-state index is 0.0474. The van der Waals surface area contributed by atoms with E-state index in [9.17, 15) is 24.6 Å². The Morgan fingerprint density at radius 1 is 1.12 bits per heavy atom.